The monoisotopic (exact) mass is 2090 g/mol. The van der Waals surface area contributed by atoms with Gasteiger partial charge in [0.05, 0.1) is 35.3 Å². The summed E-state index contributed by atoms with van der Waals surface area (Å²) in [5, 5.41) is 60.0. The predicted molar refractivity (Wildman–Crippen MR) is 593 cm³/mol. The smallest absolute Gasteiger partial charge is 0.668 e. The molecule has 0 aromatic heterocycles. The van der Waals surface area contributed by atoms with Gasteiger partial charge in [-0.3, -0.25) is 93.9 Å². The largest absolute Gasteiger partial charge is 1.00 e. The molecule has 786 valence electrons. The SMILES string of the molecule is CB(O)NC1C(=O)N(C(=O)[C@H](C[B]OC=N)C(C)(C)CC(=O)c2ccc(C)cc2)C1(C)C.CB(O)NC1C(=O)N(C(=O)[C@H](C[B]OC=N)[C@@H](C)CC(=O)c2ccc(C)cc2)[C@@H]1C.CC1(C)NC(=O)[C@@H]1C[B]OC=N.C[C@@H]1NC(=O)[C@@H]1C.C[C@@H]1NC(=O)[C@@H]1C[B]OC=N.C[Si](C)(C)[N-][Si](C)(C)C.C[Si](C)(C)[N-][Si](C)(C)C.C[Si](C)(C)[N-][Si](C)(C)C.Cc1ccc(C(=O)C[C@H](C)[C@H](C)C(=O)N2C(=O)[C@@H](C)[C@H]2C)cc1.[Li+].[Li+].[Li+]. The molecule has 6 aliphatic rings. The zero-order valence-corrected chi connectivity index (χ0v) is 101. The van der Waals surface area contributed by atoms with Crippen LogP contribution >= 0.6 is 0 Å². The molecule has 15 atom stereocenters. The number of nitrogens with zero attached hydrogens (tertiary/aromatic N) is 6. The number of imide groups is 3. The van der Waals surface area contributed by atoms with Crippen molar-refractivity contribution in [3.05, 3.63) is 120 Å². The standard InChI is InChI=1S/C22H32B2N3O5.C20H28B2N3O5.C19H25NO3.C7H12BN2O2.C6H10BN2O2.3C6H18NSi2.C5H9NO.3Li/c1-14-7-9-15(10-8-14)17(28)11-21(2,3)16(12-23-32-13-25)19(29)27-20(30)18(22(27,4)5)26-24(6)31;1-12-5-7-15(8-6-12)17(26)9-13(2)16(10-21-30-11-23)19(27)25-14(3)18(20(25)28)24-22(4)29;1-11-6-8-16(9-7-11)17(21)10-12(2)13(3)18(22)20-15(5)14(4)19(20)23;1-7(2)5(6(11)10-7)3-8-12-4-9;1-4-5(6(10)9-4)2-7-11-3-8;3*1-8(2,3)7-9(4,5)6;1-3-4(2)6-5(3)7;;;/h7-10,13,16,18,25-26,31H,11-12H2,1-6H3;5-8,11,13-14,16,18,23-24,29H,9-10H2,1-4H3;6-9,12-15H,10H2,1-5H3;4-5,9H,3H2,1-2H3,(H,10,11);3-5,8H,2H2,1H3,(H,9,10);3*1-6H3;3-4H,1-2H3,(H,6,7);;;/q;;;;;3*-1;;3*+1/t16-,18?;13-,14+,16+,18?;12-,13-,14-,15+;5-;4-,5+;;;;3-,4+;;;/m00000...1.../s1. The summed E-state index contributed by atoms with van der Waals surface area (Å²) >= 11 is 0. The molecule has 6 heterocycles. The van der Waals surface area contributed by atoms with Crippen molar-refractivity contribution in [3.8, 4) is 0 Å². The van der Waals surface area contributed by atoms with Gasteiger partial charge in [0.2, 0.25) is 53.2 Å². The minimum Gasteiger partial charge on any atom is -0.668 e. The summed E-state index contributed by atoms with van der Waals surface area (Å²) in [6.45, 7) is 78.2. The number of aryl methyl sites for hydroxylation is 3. The Balaban J connectivity index is -0.00000164. The van der Waals surface area contributed by atoms with Crippen LogP contribution < -0.4 is 83.0 Å². The fraction of sp³-hybridized carbons (Fsp3) is 0.649. The number of β-lactam (4-membered cyclic amide) rings is 6. The Morgan fingerprint density at radius 1 is 0.476 bits per heavy atom. The van der Waals surface area contributed by atoms with E-state index in [0.29, 0.717) is 41.8 Å². The van der Waals surface area contributed by atoms with E-state index in [1.807, 2.05) is 139 Å². The van der Waals surface area contributed by atoms with E-state index in [4.69, 9.17) is 44.9 Å². The molecule has 0 saturated carbocycles. The Bertz CT molecular complexity index is 4580. The Labute approximate surface area is 914 Å². The third-order valence-electron chi connectivity index (χ3n) is 24.2. The molecule has 11 N–H and O–H groups in total. The topological polar surface area (TPSA) is 490 Å². The van der Waals surface area contributed by atoms with E-state index in [1.54, 1.807) is 58.9 Å². The van der Waals surface area contributed by atoms with Crippen molar-refractivity contribution in [1.82, 2.24) is 41.1 Å². The molecule has 2 unspecified atom stereocenters. The summed E-state index contributed by atoms with van der Waals surface area (Å²) in [6.07, 6.45) is 5.21. The Morgan fingerprint density at radius 3 is 1.14 bits per heavy atom. The summed E-state index contributed by atoms with van der Waals surface area (Å²) in [4.78, 5) is 150. The molecule has 145 heavy (non-hydrogen) atoms. The second-order valence-corrected chi connectivity index (χ2v) is 74.4. The minimum absolute atomic E-state index is 0. The van der Waals surface area contributed by atoms with E-state index < -0.39 is 122 Å². The van der Waals surface area contributed by atoms with Gasteiger partial charge in [-0.1, -0.05) is 305 Å². The summed E-state index contributed by atoms with van der Waals surface area (Å²) in [6, 6.07) is 20.9. The van der Waals surface area contributed by atoms with E-state index in [-0.39, 0.29) is 194 Å². The Morgan fingerprint density at radius 2 is 0.834 bits per heavy atom. The van der Waals surface area contributed by atoms with Crippen molar-refractivity contribution in [3.63, 3.8) is 0 Å². The molecule has 48 heteroatoms. The van der Waals surface area contributed by atoms with Gasteiger partial charge in [0.15, 0.2) is 17.3 Å². The Hall–Kier alpha value is -6.42. The Kier molecular flexibility index (Phi) is 62.8. The molecule has 4 radical (unpaired) electrons. The van der Waals surface area contributed by atoms with E-state index >= 15 is 0 Å². The van der Waals surface area contributed by atoms with Crippen molar-refractivity contribution in [2.45, 2.75) is 348 Å². The molecule has 0 aliphatic carbocycles. The molecule has 6 fully saturated rings. The van der Waals surface area contributed by atoms with Crippen LogP contribution in [0.1, 0.15) is 171 Å². The zero-order valence-electron chi connectivity index (χ0n) is 95.4. The molecule has 6 aliphatic heterocycles. The third kappa shape index (κ3) is 50.6. The molecule has 3 aromatic rings. The quantitative estimate of drug-likeness (QED) is 0.00692. The third-order valence-corrected chi connectivity index (χ3v) is 40.3. The van der Waals surface area contributed by atoms with Gasteiger partial charge in [0.25, 0.3) is 0 Å². The van der Waals surface area contributed by atoms with Crippen molar-refractivity contribution < 1.29 is 143 Å². The number of hydrogen-bond donors (Lipinski definition) is 11. The molecule has 0 spiro atoms. The van der Waals surface area contributed by atoms with Crippen LogP contribution in [0.2, 0.25) is 157 Å². The number of carbonyl (C=O) groups excluding carboxylic acids is 12. The van der Waals surface area contributed by atoms with Crippen molar-refractivity contribution >= 4 is 190 Å². The molecule has 6 saturated heterocycles. The van der Waals surface area contributed by atoms with E-state index in [9.17, 15) is 67.6 Å². The number of benzene rings is 3. The summed E-state index contributed by atoms with van der Waals surface area (Å²) in [7, 11) is -2.75. The number of hydrogen-bond acceptors (Lipinski definition) is 24. The molecule has 9 amide bonds. The molecular formula is C97H170B6Li3N15O18Si6. The van der Waals surface area contributed by atoms with Gasteiger partial charge < -0.3 is 69.0 Å². The fourth-order valence-electron chi connectivity index (χ4n) is 16.8. The van der Waals surface area contributed by atoms with Crippen LogP contribution in [-0.2, 0) is 61.8 Å². The van der Waals surface area contributed by atoms with Crippen molar-refractivity contribution in [2.24, 2.45) is 58.7 Å². The van der Waals surface area contributed by atoms with Gasteiger partial charge in [-0.25, -0.2) is 0 Å². The average molecular weight is 2090 g/mol. The molecule has 9 rings (SSSR count). The van der Waals surface area contributed by atoms with E-state index in [0.717, 1.165) is 42.3 Å². The first-order valence-corrected chi connectivity index (χ1v) is 69.9. The number of ketones is 3. The second-order valence-electron chi connectivity index (χ2n) is 45.7. The van der Waals surface area contributed by atoms with Gasteiger partial charge in [-0.05, 0) is 132 Å². The van der Waals surface area contributed by atoms with Crippen LogP contribution in [0, 0.1) is 101 Å². The van der Waals surface area contributed by atoms with Crippen LogP contribution in [0.3, 0.4) is 0 Å². The summed E-state index contributed by atoms with van der Waals surface area (Å²) < 4.78 is 33.4. The van der Waals surface area contributed by atoms with Gasteiger partial charge >= 0.3 is 101 Å². The maximum Gasteiger partial charge on any atom is 1.00 e. The number of likely N-dealkylation sites (tertiary alicyclic amines) is 3. The van der Waals surface area contributed by atoms with Crippen LogP contribution in [0.15, 0.2) is 72.8 Å². The van der Waals surface area contributed by atoms with Gasteiger partial charge in [0.1, 0.15) is 37.7 Å². The minimum atomic E-state index is -1.11. The van der Waals surface area contributed by atoms with Gasteiger partial charge in [-0.2, -0.15) is 0 Å². The maximum atomic E-state index is 13.6. The predicted octanol–water partition coefficient (Wildman–Crippen LogP) is 6.82. The van der Waals surface area contributed by atoms with E-state index in [2.05, 4.69) is 154 Å². The van der Waals surface area contributed by atoms with Gasteiger partial charge in [-0.15, -0.1) is 0 Å². The molecule has 3 aromatic carbocycles. The normalized spacial score (nSPS) is 20.6. The van der Waals surface area contributed by atoms with Gasteiger partial charge in [0, 0.05) is 77.4 Å². The maximum absolute atomic E-state index is 13.6. The zero-order chi connectivity index (χ0) is 110. The summed E-state index contributed by atoms with van der Waals surface area (Å²) in [5.74, 6) is -3.69. The number of nitrogens with one attached hydrogen (secondary N) is 9. The fourth-order valence-corrected chi connectivity index (χ4v) is 40.9. The first-order chi connectivity index (χ1) is 64.9. The summed E-state index contributed by atoms with van der Waals surface area (Å²) in [5.41, 5.74) is 3.26. The first kappa shape index (κ1) is 143. The molecule has 0 bridgehead atoms. The van der Waals surface area contributed by atoms with Crippen LogP contribution in [0.25, 0.3) is 13.9 Å². The molecular weight excluding hydrogens is 1920 g/mol. The average Bonchev–Trinajstić information content (AvgIpc) is 0.715. The number of Topliss-reactive ketones (excluding diaryl/α,β-unsaturated/α-hetero) is 3. The number of amides is 9. The number of rotatable bonds is 41. The first-order valence-electron chi connectivity index (χ1n) is 49.2. The van der Waals surface area contributed by atoms with Crippen LogP contribution in [-0.4, -0.2) is 262 Å². The molecule has 33 nitrogen and oxygen atoms in total. The number of carbonyl (C=O) groups is 12. The van der Waals surface area contributed by atoms with E-state index in [1.165, 1.54) is 58.3 Å². The van der Waals surface area contributed by atoms with Crippen LogP contribution in [0.5, 0.6) is 0 Å². The van der Waals surface area contributed by atoms with Crippen LogP contribution in [0.4, 0.5) is 0 Å². The van der Waals surface area contributed by atoms with Crippen molar-refractivity contribution in [2.75, 3.05) is 0 Å². The van der Waals surface area contributed by atoms with Crippen molar-refractivity contribution in [1.29, 1.82) is 21.6 Å². The second kappa shape index (κ2) is 63.8.